The monoisotopic (exact) mass is 328 g/mol. The molecule has 2 rings (SSSR count). The van der Waals surface area contributed by atoms with Crippen molar-refractivity contribution < 1.29 is 8.78 Å². The van der Waals surface area contributed by atoms with E-state index < -0.39 is 0 Å². The van der Waals surface area contributed by atoms with Crippen molar-refractivity contribution in [1.29, 1.82) is 0 Å². The minimum absolute atomic E-state index is 0.144. The van der Waals surface area contributed by atoms with Crippen LogP contribution in [0.3, 0.4) is 0 Å². The van der Waals surface area contributed by atoms with Gasteiger partial charge in [0.1, 0.15) is 11.6 Å². The zero-order chi connectivity index (χ0) is 15.2. The van der Waals surface area contributed by atoms with Crippen LogP contribution in [0, 0.1) is 11.6 Å². The molecular weight excluding hydrogens is 314 g/mol. The quantitative estimate of drug-likeness (QED) is 0.481. The molecule has 2 aromatic rings. The molecule has 0 saturated carbocycles. The van der Waals surface area contributed by atoms with E-state index in [1.54, 1.807) is 24.3 Å². The molecular formula is C15H15ClF2N2S. The van der Waals surface area contributed by atoms with E-state index in [0.717, 1.165) is 4.90 Å². The second-order valence-electron chi connectivity index (χ2n) is 4.53. The molecule has 0 fully saturated rings. The first kappa shape index (κ1) is 16.2. The molecule has 0 aliphatic heterocycles. The highest BCUT2D eigenvalue weighted by Crippen LogP contribution is 2.23. The topological polar surface area (TPSA) is 38.0 Å². The Labute approximate surface area is 131 Å². The van der Waals surface area contributed by atoms with Gasteiger partial charge in [-0.1, -0.05) is 17.7 Å². The van der Waals surface area contributed by atoms with E-state index in [9.17, 15) is 8.78 Å². The van der Waals surface area contributed by atoms with E-state index in [4.69, 9.17) is 17.4 Å². The Morgan fingerprint density at radius 1 is 1.14 bits per heavy atom. The van der Waals surface area contributed by atoms with Crippen molar-refractivity contribution in [2.45, 2.75) is 17.4 Å². The summed E-state index contributed by atoms with van der Waals surface area (Å²) >= 11 is 7.53. The van der Waals surface area contributed by atoms with Gasteiger partial charge in [-0.15, -0.1) is 11.8 Å². The minimum atomic E-state index is -0.338. The van der Waals surface area contributed by atoms with Crippen LogP contribution in [0.1, 0.15) is 5.56 Å². The number of nitrogens with one attached hydrogen (secondary N) is 1. The van der Waals surface area contributed by atoms with Gasteiger partial charge < -0.3 is 0 Å². The number of nitrogens with two attached hydrogens (primary N) is 1. The number of benzene rings is 2. The van der Waals surface area contributed by atoms with E-state index in [2.05, 4.69) is 5.43 Å². The number of thioether (sulfide) groups is 1. The van der Waals surface area contributed by atoms with Crippen LogP contribution in [0.5, 0.6) is 0 Å². The Morgan fingerprint density at radius 2 is 1.86 bits per heavy atom. The first-order valence-corrected chi connectivity index (χ1v) is 7.74. The summed E-state index contributed by atoms with van der Waals surface area (Å²) in [6.07, 6.45) is 0.385. The highest BCUT2D eigenvalue weighted by molar-refractivity contribution is 7.99. The highest BCUT2D eigenvalue weighted by Gasteiger charge is 2.14. The van der Waals surface area contributed by atoms with E-state index in [0.29, 0.717) is 22.8 Å². The first-order chi connectivity index (χ1) is 10.1. The fraction of sp³-hybridized carbons (Fsp3) is 0.200. The summed E-state index contributed by atoms with van der Waals surface area (Å²) in [5, 5.41) is 0.391. The molecule has 21 heavy (non-hydrogen) atoms. The molecule has 3 N–H and O–H groups in total. The number of halogens is 3. The summed E-state index contributed by atoms with van der Waals surface area (Å²) in [5.41, 5.74) is 3.11. The fourth-order valence-corrected chi connectivity index (χ4v) is 3.04. The zero-order valence-electron chi connectivity index (χ0n) is 11.2. The maximum atomic E-state index is 13.8. The third-order valence-corrected chi connectivity index (χ3v) is 4.54. The lowest BCUT2D eigenvalue weighted by Crippen LogP contribution is -2.39. The molecule has 0 aromatic heterocycles. The van der Waals surface area contributed by atoms with Gasteiger partial charge in [0.2, 0.25) is 0 Å². The van der Waals surface area contributed by atoms with Crippen LogP contribution < -0.4 is 11.3 Å². The summed E-state index contributed by atoms with van der Waals surface area (Å²) in [5.74, 6) is 5.53. The molecule has 0 radical (unpaired) electrons. The molecule has 0 amide bonds. The van der Waals surface area contributed by atoms with Gasteiger partial charge in [-0.05, 0) is 42.8 Å². The predicted molar refractivity (Wildman–Crippen MR) is 83.3 cm³/mol. The Balaban J connectivity index is 1.98. The smallest absolute Gasteiger partial charge is 0.127 e. The molecule has 2 nitrogen and oxygen atoms in total. The predicted octanol–water partition coefficient (Wildman–Crippen LogP) is 3.78. The Hall–Kier alpha value is -1.14. The van der Waals surface area contributed by atoms with Crippen LogP contribution in [-0.4, -0.2) is 11.8 Å². The summed E-state index contributed by atoms with van der Waals surface area (Å²) in [6, 6.07) is 10.7. The van der Waals surface area contributed by atoms with Crippen molar-refractivity contribution in [2.75, 3.05) is 5.75 Å². The van der Waals surface area contributed by atoms with Gasteiger partial charge >= 0.3 is 0 Å². The Bertz CT molecular complexity index is 572. The number of rotatable bonds is 6. The number of hydrazine groups is 1. The van der Waals surface area contributed by atoms with Crippen LogP contribution >= 0.6 is 23.4 Å². The van der Waals surface area contributed by atoms with Crippen LogP contribution in [0.2, 0.25) is 5.02 Å². The van der Waals surface area contributed by atoms with E-state index >= 15 is 0 Å². The van der Waals surface area contributed by atoms with Crippen molar-refractivity contribution >= 4 is 23.4 Å². The molecule has 0 bridgehead atoms. The minimum Gasteiger partial charge on any atom is -0.271 e. The number of hydrogen-bond donors (Lipinski definition) is 2. The summed E-state index contributed by atoms with van der Waals surface area (Å²) < 4.78 is 26.6. The van der Waals surface area contributed by atoms with Gasteiger partial charge in [0.15, 0.2) is 0 Å². The first-order valence-electron chi connectivity index (χ1n) is 6.37. The SMILES string of the molecule is NNC(CSc1ccc(F)cc1)Cc1c(F)cccc1Cl. The largest absolute Gasteiger partial charge is 0.271 e. The van der Waals surface area contributed by atoms with Gasteiger partial charge in [0.25, 0.3) is 0 Å². The van der Waals surface area contributed by atoms with Crippen LogP contribution in [0.15, 0.2) is 47.4 Å². The van der Waals surface area contributed by atoms with Crippen LogP contribution in [0.4, 0.5) is 8.78 Å². The summed E-state index contributed by atoms with van der Waals surface area (Å²) in [4.78, 5) is 0.927. The highest BCUT2D eigenvalue weighted by atomic mass is 35.5. The molecule has 0 aliphatic carbocycles. The van der Waals surface area contributed by atoms with Gasteiger partial charge in [-0.3, -0.25) is 11.3 Å². The maximum Gasteiger partial charge on any atom is 0.127 e. The molecule has 0 spiro atoms. The average molecular weight is 329 g/mol. The fourth-order valence-electron chi connectivity index (χ4n) is 1.87. The molecule has 112 valence electrons. The van der Waals surface area contributed by atoms with Crippen molar-refractivity contribution in [2.24, 2.45) is 5.84 Å². The normalized spacial score (nSPS) is 12.4. The molecule has 0 aliphatic rings. The van der Waals surface area contributed by atoms with Crippen molar-refractivity contribution in [3.05, 3.63) is 64.7 Å². The van der Waals surface area contributed by atoms with E-state index in [-0.39, 0.29) is 17.7 Å². The summed E-state index contributed by atoms with van der Waals surface area (Å²) in [6.45, 7) is 0. The lowest BCUT2D eigenvalue weighted by Gasteiger charge is -2.16. The number of hydrogen-bond acceptors (Lipinski definition) is 3. The van der Waals surface area contributed by atoms with Crippen molar-refractivity contribution in [1.82, 2.24) is 5.43 Å². The van der Waals surface area contributed by atoms with Gasteiger partial charge in [0, 0.05) is 27.3 Å². The van der Waals surface area contributed by atoms with Crippen molar-refractivity contribution in [3.8, 4) is 0 Å². The molecule has 1 atom stereocenters. The third-order valence-electron chi connectivity index (χ3n) is 3.01. The van der Waals surface area contributed by atoms with Gasteiger partial charge in [-0.25, -0.2) is 8.78 Å². The lowest BCUT2D eigenvalue weighted by atomic mass is 10.1. The summed E-state index contributed by atoms with van der Waals surface area (Å²) in [7, 11) is 0. The molecule has 0 saturated heterocycles. The second-order valence-corrected chi connectivity index (χ2v) is 6.03. The van der Waals surface area contributed by atoms with E-state index in [1.807, 2.05) is 0 Å². The van der Waals surface area contributed by atoms with Crippen LogP contribution in [0.25, 0.3) is 0 Å². The maximum absolute atomic E-state index is 13.8. The van der Waals surface area contributed by atoms with Crippen molar-refractivity contribution in [3.63, 3.8) is 0 Å². The Morgan fingerprint density at radius 3 is 2.48 bits per heavy atom. The standard InChI is InChI=1S/C15H15ClF2N2S/c16-14-2-1-3-15(18)13(14)8-11(20-19)9-21-12-6-4-10(17)5-7-12/h1-7,11,20H,8-9,19H2. The third kappa shape index (κ3) is 4.68. The average Bonchev–Trinajstić information content (AvgIpc) is 2.48. The van der Waals surface area contributed by atoms with Crippen LogP contribution in [-0.2, 0) is 6.42 Å². The lowest BCUT2D eigenvalue weighted by molar-refractivity contribution is 0.547. The van der Waals surface area contributed by atoms with Gasteiger partial charge in [0.05, 0.1) is 0 Å². The zero-order valence-corrected chi connectivity index (χ0v) is 12.7. The van der Waals surface area contributed by atoms with E-state index in [1.165, 1.54) is 30.0 Å². The molecule has 2 aromatic carbocycles. The molecule has 0 heterocycles. The Kier molecular flexibility index (Phi) is 5.99. The second kappa shape index (κ2) is 7.75. The molecule has 1 unspecified atom stereocenters. The van der Waals surface area contributed by atoms with Gasteiger partial charge in [-0.2, -0.15) is 0 Å². The molecule has 6 heteroatoms.